The van der Waals surface area contributed by atoms with Crippen LogP contribution in [0.5, 0.6) is 0 Å². The Kier molecular flexibility index (Phi) is 4.64. The van der Waals surface area contributed by atoms with Crippen LogP contribution in [0.15, 0.2) is 0 Å². The van der Waals surface area contributed by atoms with Crippen molar-refractivity contribution in [3.05, 3.63) is 0 Å². The Bertz CT molecular complexity index is 222. The summed E-state index contributed by atoms with van der Waals surface area (Å²) < 4.78 is 0. The van der Waals surface area contributed by atoms with Crippen LogP contribution in [0.4, 0.5) is 0 Å². The molecule has 0 aromatic carbocycles. The lowest BCUT2D eigenvalue weighted by atomic mass is 10.1. The minimum atomic E-state index is 0.0746. The van der Waals surface area contributed by atoms with Gasteiger partial charge in [-0.3, -0.25) is 4.79 Å². The van der Waals surface area contributed by atoms with Crippen LogP contribution in [-0.4, -0.2) is 24.5 Å². The average molecular weight is 224 g/mol. The highest BCUT2D eigenvalue weighted by molar-refractivity contribution is 5.81. The molecule has 1 amide bonds. The van der Waals surface area contributed by atoms with Gasteiger partial charge in [0.1, 0.15) is 0 Å². The van der Waals surface area contributed by atoms with Gasteiger partial charge in [-0.25, -0.2) is 0 Å². The second kappa shape index (κ2) is 6.24. The molecule has 0 radical (unpaired) electrons. The maximum Gasteiger partial charge on any atom is 0.237 e. The second-order valence-corrected chi connectivity index (χ2v) is 5.19. The summed E-state index contributed by atoms with van der Waals surface area (Å²) in [7, 11) is 0. The first-order valence-corrected chi connectivity index (χ1v) is 6.90. The van der Waals surface area contributed by atoms with Crippen molar-refractivity contribution < 1.29 is 4.79 Å². The van der Waals surface area contributed by atoms with E-state index in [0.717, 1.165) is 19.4 Å². The van der Waals surface area contributed by atoms with Gasteiger partial charge in [-0.1, -0.05) is 25.7 Å². The molecule has 92 valence electrons. The van der Waals surface area contributed by atoms with Crippen LogP contribution in [0.1, 0.15) is 57.8 Å². The summed E-state index contributed by atoms with van der Waals surface area (Å²) in [5.74, 6) is 0.224. The van der Waals surface area contributed by atoms with Crippen molar-refractivity contribution >= 4 is 5.91 Å². The Morgan fingerprint density at radius 1 is 0.938 bits per heavy atom. The Balaban J connectivity index is 1.83. The van der Waals surface area contributed by atoms with Gasteiger partial charge in [-0.15, -0.1) is 0 Å². The van der Waals surface area contributed by atoms with Crippen LogP contribution >= 0.6 is 0 Å². The van der Waals surface area contributed by atoms with E-state index >= 15 is 0 Å². The fourth-order valence-corrected chi connectivity index (χ4v) is 2.83. The molecule has 16 heavy (non-hydrogen) atoms. The molecule has 0 spiro atoms. The summed E-state index contributed by atoms with van der Waals surface area (Å²) in [4.78, 5) is 11.8. The molecule has 0 aromatic heterocycles. The minimum Gasteiger partial charge on any atom is -0.355 e. The van der Waals surface area contributed by atoms with Crippen molar-refractivity contribution in [2.24, 2.45) is 0 Å². The molecule has 0 aromatic rings. The predicted molar refractivity (Wildman–Crippen MR) is 65.3 cm³/mol. The number of amides is 1. The topological polar surface area (TPSA) is 41.1 Å². The highest BCUT2D eigenvalue weighted by atomic mass is 16.2. The van der Waals surface area contributed by atoms with Crippen molar-refractivity contribution in [1.29, 1.82) is 0 Å². The zero-order valence-electron chi connectivity index (χ0n) is 10.1. The molecule has 0 bridgehead atoms. The van der Waals surface area contributed by atoms with Crippen LogP contribution in [0.3, 0.4) is 0 Å². The molecule has 2 aliphatic rings. The quantitative estimate of drug-likeness (QED) is 0.704. The van der Waals surface area contributed by atoms with Gasteiger partial charge in [0.15, 0.2) is 0 Å². The fourth-order valence-electron chi connectivity index (χ4n) is 2.83. The van der Waals surface area contributed by atoms with Crippen molar-refractivity contribution in [1.82, 2.24) is 10.6 Å². The van der Waals surface area contributed by atoms with E-state index in [1.54, 1.807) is 0 Å². The van der Waals surface area contributed by atoms with E-state index in [0.29, 0.717) is 6.04 Å². The summed E-state index contributed by atoms with van der Waals surface area (Å²) in [5.41, 5.74) is 0. The Morgan fingerprint density at radius 2 is 1.62 bits per heavy atom. The molecule has 2 rings (SSSR count). The molecular weight excluding hydrogens is 200 g/mol. The summed E-state index contributed by atoms with van der Waals surface area (Å²) in [6, 6.07) is 0.655. The predicted octanol–water partition coefficient (Wildman–Crippen LogP) is 1.97. The summed E-state index contributed by atoms with van der Waals surface area (Å²) in [6.45, 7) is 0.863. The number of carbonyl (C=O) groups is 1. The smallest absolute Gasteiger partial charge is 0.237 e. The van der Waals surface area contributed by atoms with E-state index in [1.165, 1.54) is 44.9 Å². The van der Waals surface area contributed by atoms with Gasteiger partial charge < -0.3 is 10.6 Å². The SMILES string of the molecule is O=C1NCCCC[C@H]1NC1CCCCCC1. The first-order chi connectivity index (χ1) is 7.86. The van der Waals surface area contributed by atoms with Crippen molar-refractivity contribution in [2.45, 2.75) is 69.9 Å². The molecule has 1 atom stereocenters. The molecule has 2 fully saturated rings. The second-order valence-electron chi connectivity index (χ2n) is 5.19. The van der Waals surface area contributed by atoms with Gasteiger partial charge in [0.25, 0.3) is 0 Å². The van der Waals surface area contributed by atoms with Gasteiger partial charge in [-0.2, -0.15) is 0 Å². The summed E-state index contributed by atoms with van der Waals surface area (Å²) >= 11 is 0. The van der Waals surface area contributed by atoms with Crippen molar-refractivity contribution in [3.63, 3.8) is 0 Å². The van der Waals surface area contributed by atoms with Crippen molar-refractivity contribution in [3.8, 4) is 0 Å². The van der Waals surface area contributed by atoms with Crippen LogP contribution in [0.25, 0.3) is 0 Å². The molecule has 1 saturated carbocycles. The third-order valence-corrected chi connectivity index (χ3v) is 3.83. The number of hydrogen-bond donors (Lipinski definition) is 2. The lowest BCUT2D eigenvalue weighted by Crippen LogP contribution is -2.47. The van der Waals surface area contributed by atoms with Gasteiger partial charge in [0, 0.05) is 12.6 Å². The maximum atomic E-state index is 11.8. The lowest BCUT2D eigenvalue weighted by Gasteiger charge is -2.22. The average Bonchev–Trinajstić information content (AvgIpc) is 2.64. The number of carbonyl (C=O) groups excluding carboxylic acids is 1. The van der Waals surface area contributed by atoms with E-state index in [4.69, 9.17) is 0 Å². The van der Waals surface area contributed by atoms with E-state index in [2.05, 4.69) is 10.6 Å². The van der Waals surface area contributed by atoms with E-state index in [1.807, 2.05) is 0 Å². The monoisotopic (exact) mass is 224 g/mol. The molecule has 1 aliphatic heterocycles. The zero-order chi connectivity index (χ0) is 11.2. The molecular formula is C13H24N2O. The largest absolute Gasteiger partial charge is 0.355 e. The molecule has 3 nitrogen and oxygen atoms in total. The van der Waals surface area contributed by atoms with E-state index < -0.39 is 0 Å². The van der Waals surface area contributed by atoms with E-state index in [9.17, 15) is 4.79 Å². The van der Waals surface area contributed by atoms with E-state index in [-0.39, 0.29) is 11.9 Å². The summed E-state index contributed by atoms with van der Waals surface area (Å²) in [5, 5.41) is 6.57. The van der Waals surface area contributed by atoms with Crippen LogP contribution < -0.4 is 10.6 Å². The van der Waals surface area contributed by atoms with Gasteiger partial charge in [0.2, 0.25) is 5.91 Å². The molecule has 2 N–H and O–H groups in total. The third-order valence-electron chi connectivity index (χ3n) is 3.83. The van der Waals surface area contributed by atoms with Crippen molar-refractivity contribution in [2.75, 3.05) is 6.54 Å². The normalized spacial score (nSPS) is 29.2. The highest BCUT2D eigenvalue weighted by Gasteiger charge is 2.23. The molecule has 1 saturated heterocycles. The zero-order valence-corrected chi connectivity index (χ0v) is 10.1. The van der Waals surface area contributed by atoms with Crippen LogP contribution in [0.2, 0.25) is 0 Å². The first-order valence-electron chi connectivity index (χ1n) is 6.90. The van der Waals surface area contributed by atoms with Gasteiger partial charge in [-0.05, 0) is 32.1 Å². The third kappa shape index (κ3) is 3.48. The Morgan fingerprint density at radius 3 is 2.38 bits per heavy atom. The fraction of sp³-hybridized carbons (Fsp3) is 0.923. The van der Waals surface area contributed by atoms with Gasteiger partial charge in [0.05, 0.1) is 6.04 Å². The molecule has 1 aliphatic carbocycles. The van der Waals surface area contributed by atoms with Gasteiger partial charge >= 0.3 is 0 Å². The molecule has 1 heterocycles. The Hall–Kier alpha value is -0.570. The molecule has 3 heteroatoms. The first kappa shape index (κ1) is 11.9. The maximum absolute atomic E-state index is 11.8. The van der Waals surface area contributed by atoms with Crippen LogP contribution in [-0.2, 0) is 4.79 Å². The standard InChI is InChI=1S/C13H24N2O/c16-13-12(9-5-6-10-14-13)15-11-7-3-1-2-4-8-11/h11-12,15H,1-10H2,(H,14,16)/t12-/m1/s1. The number of hydrogen-bond acceptors (Lipinski definition) is 2. The summed E-state index contributed by atoms with van der Waals surface area (Å²) in [6.07, 6.45) is 11.2. The highest BCUT2D eigenvalue weighted by Crippen LogP contribution is 2.18. The Labute approximate surface area is 98.4 Å². The number of rotatable bonds is 2. The lowest BCUT2D eigenvalue weighted by molar-refractivity contribution is -0.123. The minimum absolute atomic E-state index is 0.0746. The number of nitrogens with one attached hydrogen (secondary N) is 2. The molecule has 0 unspecified atom stereocenters. The van der Waals surface area contributed by atoms with Crippen LogP contribution in [0, 0.1) is 0 Å².